The first-order chi connectivity index (χ1) is 10.2. The smallest absolute Gasteiger partial charge is 0.257 e. The van der Waals surface area contributed by atoms with Crippen LogP contribution in [0.3, 0.4) is 0 Å². The summed E-state index contributed by atoms with van der Waals surface area (Å²) >= 11 is 0. The maximum absolute atomic E-state index is 12.0. The quantitative estimate of drug-likeness (QED) is 0.754. The van der Waals surface area contributed by atoms with Gasteiger partial charge in [0.15, 0.2) is 6.10 Å². The molecule has 0 aliphatic heterocycles. The highest BCUT2D eigenvalue weighted by molar-refractivity contribution is 5.94. The van der Waals surface area contributed by atoms with Crippen LogP contribution in [0.1, 0.15) is 11.7 Å². The van der Waals surface area contributed by atoms with Crippen LogP contribution in [0.15, 0.2) is 54.6 Å². The van der Waals surface area contributed by atoms with E-state index in [1.54, 1.807) is 48.5 Å². The molecule has 0 aliphatic carbocycles. The molecule has 2 rings (SSSR count). The largest absolute Gasteiger partial charge is 0.492 e. The fraction of sp³-hybridized carbons (Fsp3) is 0.188. The van der Waals surface area contributed by atoms with Crippen LogP contribution in [0, 0.1) is 0 Å². The van der Waals surface area contributed by atoms with E-state index in [2.05, 4.69) is 5.32 Å². The Morgan fingerprint density at radius 2 is 1.81 bits per heavy atom. The van der Waals surface area contributed by atoms with E-state index < -0.39 is 12.0 Å². The molecule has 0 bridgehead atoms. The monoisotopic (exact) mass is 286 g/mol. The van der Waals surface area contributed by atoms with Crippen LogP contribution in [-0.4, -0.2) is 24.2 Å². The normalized spacial score (nSPS) is 11.7. The third kappa shape index (κ3) is 4.30. The van der Waals surface area contributed by atoms with Gasteiger partial charge in [0.1, 0.15) is 12.4 Å². The van der Waals surface area contributed by atoms with E-state index >= 15 is 0 Å². The lowest BCUT2D eigenvalue weighted by Crippen LogP contribution is -2.20. The first kappa shape index (κ1) is 15.0. The van der Waals surface area contributed by atoms with Gasteiger partial charge in [-0.3, -0.25) is 4.79 Å². The molecule has 2 aromatic carbocycles. The highest BCUT2D eigenvalue weighted by Gasteiger charge is 2.16. The summed E-state index contributed by atoms with van der Waals surface area (Å²) in [4.78, 5) is 12.0. The third-order valence-corrected chi connectivity index (χ3v) is 2.87. The highest BCUT2D eigenvalue weighted by Crippen LogP contribution is 2.18. The number of amides is 1. The van der Waals surface area contributed by atoms with Crippen molar-refractivity contribution in [2.45, 2.75) is 6.10 Å². The second-order valence-corrected chi connectivity index (χ2v) is 4.46. The molecule has 0 spiro atoms. The number of aliphatic hydroxyl groups is 1. The molecule has 1 unspecified atom stereocenters. The minimum atomic E-state index is -1.20. The second kappa shape index (κ2) is 7.42. The van der Waals surface area contributed by atoms with Gasteiger partial charge in [0.05, 0.1) is 0 Å². The van der Waals surface area contributed by atoms with Gasteiger partial charge < -0.3 is 20.9 Å². The van der Waals surface area contributed by atoms with E-state index in [1.165, 1.54) is 0 Å². The predicted octanol–water partition coefficient (Wildman–Crippen LogP) is 1.70. The Morgan fingerprint density at radius 3 is 2.43 bits per heavy atom. The van der Waals surface area contributed by atoms with Crippen LogP contribution in [-0.2, 0) is 4.79 Å². The molecule has 110 valence electrons. The topological polar surface area (TPSA) is 84.6 Å². The Balaban J connectivity index is 1.96. The Labute approximate surface area is 123 Å². The van der Waals surface area contributed by atoms with Gasteiger partial charge in [-0.2, -0.15) is 0 Å². The first-order valence-electron chi connectivity index (χ1n) is 6.67. The van der Waals surface area contributed by atoms with Gasteiger partial charge in [0, 0.05) is 12.2 Å². The van der Waals surface area contributed by atoms with Gasteiger partial charge in [0.25, 0.3) is 5.91 Å². The summed E-state index contributed by atoms with van der Waals surface area (Å²) in [6, 6.07) is 15.7. The van der Waals surface area contributed by atoms with Crippen molar-refractivity contribution in [3.63, 3.8) is 0 Å². The summed E-state index contributed by atoms with van der Waals surface area (Å²) in [5.41, 5.74) is 6.50. The highest BCUT2D eigenvalue weighted by atomic mass is 16.5. The van der Waals surface area contributed by atoms with Crippen LogP contribution in [0.5, 0.6) is 5.75 Å². The molecular formula is C16H18N2O3. The minimum Gasteiger partial charge on any atom is -0.492 e. The van der Waals surface area contributed by atoms with Crippen LogP contribution in [0.2, 0.25) is 0 Å². The molecule has 0 heterocycles. The Hall–Kier alpha value is -2.37. The van der Waals surface area contributed by atoms with Gasteiger partial charge in [-0.05, 0) is 29.8 Å². The average Bonchev–Trinajstić information content (AvgIpc) is 2.54. The van der Waals surface area contributed by atoms with E-state index in [0.29, 0.717) is 30.2 Å². The maximum Gasteiger partial charge on any atom is 0.257 e. The van der Waals surface area contributed by atoms with Crippen molar-refractivity contribution in [2.24, 2.45) is 5.73 Å². The molecule has 5 heteroatoms. The molecule has 5 nitrogen and oxygen atoms in total. The predicted molar refractivity (Wildman–Crippen MR) is 81.0 cm³/mol. The summed E-state index contributed by atoms with van der Waals surface area (Å²) in [5.74, 6) is 0.207. The number of aliphatic hydroxyl groups excluding tert-OH is 1. The molecular weight excluding hydrogens is 268 g/mol. The zero-order valence-electron chi connectivity index (χ0n) is 11.5. The maximum atomic E-state index is 12.0. The summed E-state index contributed by atoms with van der Waals surface area (Å²) in [7, 11) is 0. The van der Waals surface area contributed by atoms with E-state index in [0.717, 1.165) is 0 Å². The number of rotatable bonds is 6. The summed E-state index contributed by atoms with van der Waals surface area (Å²) in [5, 5.41) is 12.6. The fourth-order valence-corrected chi connectivity index (χ4v) is 1.81. The molecule has 0 saturated heterocycles. The standard InChI is InChI=1S/C16H18N2O3/c17-10-11-21-14-8-6-13(7-9-14)18-16(20)15(19)12-4-2-1-3-5-12/h1-9,15,19H,10-11,17H2,(H,18,20). The Bertz CT molecular complexity index is 570. The first-order valence-corrected chi connectivity index (χ1v) is 6.67. The fourth-order valence-electron chi connectivity index (χ4n) is 1.81. The van der Waals surface area contributed by atoms with Gasteiger partial charge in [-0.15, -0.1) is 0 Å². The Morgan fingerprint density at radius 1 is 1.14 bits per heavy atom. The zero-order valence-corrected chi connectivity index (χ0v) is 11.5. The van der Waals surface area contributed by atoms with Crippen molar-refractivity contribution >= 4 is 11.6 Å². The summed E-state index contributed by atoms with van der Waals surface area (Å²) in [6.07, 6.45) is -1.20. The molecule has 1 atom stereocenters. The number of carbonyl (C=O) groups is 1. The lowest BCUT2D eigenvalue weighted by Gasteiger charge is -2.12. The van der Waals surface area contributed by atoms with Crippen LogP contribution in [0.4, 0.5) is 5.69 Å². The minimum absolute atomic E-state index is 0.443. The number of hydrogen-bond donors (Lipinski definition) is 3. The second-order valence-electron chi connectivity index (χ2n) is 4.46. The molecule has 4 N–H and O–H groups in total. The number of nitrogens with two attached hydrogens (primary N) is 1. The SMILES string of the molecule is NCCOc1ccc(NC(=O)C(O)c2ccccc2)cc1. The molecule has 0 aromatic heterocycles. The van der Waals surface area contributed by atoms with Crippen LogP contribution >= 0.6 is 0 Å². The van der Waals surface area contributed by atoms with Gasteiger partial charge in [0.2, 0.25) is 0 Å². The average molecular weight is 286 g/mol. The molecule has 1 amide bonds. The summed E-state index contributed by atoms with van der Waals surface area (Å²) < 4.78 is 5.34. The lowest BCUT2D eigenvalue weighted by atomic mass is 10.1. The van der Waals surface area contributed by atoms with Crippen LogP contribution in [0.25, 0.3) is 0 Å². The van der Waals surface area contributed by atoms with Crippen LogP contribution < -0.4 is 15.8 Å². The molecule has 2 aromatic rings. The van der Waals surface area contributed by atoms with Gasteiger partial charge in [-0.1, -0.05) is 30.3 Å². The van der Waals surface area contributed by atoms with Gasteiger partial charge in [-0.25, -0.2) is 0 Å². The third-order valence-electron chi connectivity index (χ3n) is 2.87. The molecule has 21 heavy (non-hydrogen) atoms. The number of carbonyl (C=O) groups excluding carboxylic acids is 1. The van der Waals surface area contributed by atoms with Crippen molar-refractivity contribution in [1.82, 2.24) is 0 Å². The van der Waals surface area contributed by atoms with E-state index in [9.17, 15) is 9.90 Å². The molecule has 0 radical (unpaired) electrons. The van der Waals surface area contributed by atoms with Crippen molar-refractivity contribution < 1.29 is 14.6 Å². The number of anilines is 1. The number of ether oxygens (including phenoxy) is 1. The lowest BCUT2D eigenvalue weighted by molar-refractivity contribution is -0.124. The number of nitrogens with one attached hydrogen (secondary N) is 1. The van der Waals surface area contributed by atoms with E-state index in [4.69, 9.17) is 10.5 Å². The van der Waals surface area contributed by atoms with Crippen molar-refractivity contribution in [1.29, 1.82) is 0 Å². The molecule has 0 aliphatic rings. The number of benzene rings is 2. The molecule has 0 saturated carbocycles. The summed E-state index contributed by atoms with van der Waals surface area (Å²) in [6.45, 7) is 0.889. The van der Waals surface area contributed by atoms with Crippen molar-refractivity contribution in [3.05, 3.63) is 60.2 Å². The van der Waals surface area contributed by atoms with E-state index in [-0.39, 0.29) is 0 Å². The van der Waals surface area contributed by atoms with Gasteiger partial charge >= 0.3 is 0 Å². The van der Waals surface area contributed by atoms with Crippen molar-refractivity contribution in [3.8, 4) is 5.75 Å². The van der Waals surface area contributed by atoms with Crippen molar-refractivity contribution in [2.75, 3.05) is 18.5 Å². The zero-order chi connectivity index (χ0) is 15.1. The Kier molecular flexibility index (Phi) is 5.31. The number of hydrogen-bond acceptors (Lipinski definition) is 4. The molecule has 0 fully saturated rings. The van der Waals surface area contributed by atoms with E-state index in [1.807, 2.05) is 6.07 Å².